The molecule has 82 valence electrons. The van der Waals surface area contributed by atoms with Gasteiger partial charge >= 0.3 is 5.97 Å². The van der Waals surface area contributed by atoms with Crippen LogP contribution in [-0.2, 0) is 9.53 Å². The van der Waals surface area contributed by atoms with E-state index in [9.17, 15) is 4.79 Å². The van der Waals surface area contributed by atoms with E-state index in [1.165, 1.54) is 12.2 Å². The topological polar surface area (TPSA) is 50.1 Å². The van der Waals surface area contributed by atoms with Crippen molar-refractivity contribution in [3.8, 4) is 6.07 Å². The summed E-state index contributed by atoms with van der Waals surface area (Å²) in [6, 6.07) is 6.87. The average molecular weight is 236 g/mol. The largest absolute Gasteiger partial charge is 0.463 e. The van der Waals surface area contributed by atoms with E-state index in [1.54, 1.807) is 25.1 Å². The Morgan fingerprint density at radius 1 is 1.62 bits per heavy atom. The molecule has 0 radical (unpaired) electrons. The van der Waals surface area contributed by atoms with Crippen molar-refractivity contribution in [3.63, 3.8) is 0 Å². The molecule has 0 atom stereocenters. The van der Waals surface area contributed by atoms with Crippen LogP contribution in [0, 0.1) is 11.3 Å². The van der Waals surface area contributed by atoms with Crippen molar-refractivity contribution in [3.05, 3.63) is 40.4 Å². The van der Waals surface area contributed by atoms with Gasteiger partial charge < -0.3 is 4.74 Å². The highest BCUT2D eigenvalue weighted by molar-refractivity contribution is 6.30. The molecule has 0 saturated heterocycles. The molecular weight excluding hydrogens is 226 g/mol. The van der Waals surface area contributed by atoms with Crippen molar-refractivity contribution >= 4 is 23.6 Å². The van der Waals surface area contributed by atoms with Gasteiger partial charge in [-0.1, -0.05) is 11.6 Å². The lowest BCUT2D eigenvalue weighted by Gasteiger charge is -1.98. The first-order valence-electron chi connectivity index (χ1n) is 4.72. The van der Waals surface area contributed by atoms with Crippen LogP contribution in [0.3, 0.4) is 0 Å². The molecule has 3 nitrogen and oxygen atoms in total. The smallest absolute Gasteiger partial charge is 0.330 e. The van der Waals surface area contributed by atoms with Crippen molar-refractivity contribution in [2.24, 2.45) is 0 Å². The zero-order valence-corrected chi connectivity index (χ0v) is 9.49. The van der Waals surface area contributed by atoms with Gasteiger partial charge in [0, 0.05) is 11.1 Å². The van der Waals surface area contributed by atoms with Gasteiger partial charge in [0.1, 0.15) is 0 Å². The van der Waals surface area contributed by atoms with Crippen LogP contribution in [0.1, 0.15) is 18.1 Å². The lowest BCUT2D eigenvalue weighted by atomic mass is 10.1. The van der Waals surface area contributed by atoms with Crippen molar-refractivity contribution in [1.82, 2.24) is 0 Å². The fourth-order valence-electron chi connectivity index (χ4n) is 1.12. The monoisotopic (exact) mass is 235 g/mol. The molecule has 0 spiro atoms. The van der Waals surface area contributed by atoms with Crippen LogP contribution < -0.4 is 0 Å². The number of nitrogens with zero attached hydrogens (tertiary/aromatic N) is 1. The molecule has 1 aromatic rings. The molecule has 0 bridgehead atoms. The molecule has 0 aliphatic heterocycles. The van der Waals surface area contributed by atoms with Crippen LogP contribution in [-0.4, -0.2) is 12.6 Å². The van der Waals surface area contributed by atoms with E-state index < -0.39 is 5.97 Å². The Morgan fingerprint density at radius 2 is 2.38 bits per heavy atom. The van der Waals surface area contributed by atoms with E-state index in [0.29, 0.717) is 22.8 Å². The summed E-state index contributed by atoms with van der Waals surface area (Å²) in [7, 11) is 0. The summed E-state index contributed by atoms with van der Waals surface area (Å²) >= 11 is 5.79. The zero-order chi connectivity index (χ0) is 12.0. The zero-order valence-electron chi connectivity index (χ0n) is 8.74. The van der Waals surface area contributed by atoms with Gasteiger partial charge in [-0.3, -0.25) is 0 Å². The quantitative estimate of drug-likeness (QED) is 0.598. The normalized spacial score (nSPS) is 10.1. The van der Waals surface area contributed by atoms with E-state index in [-0.39, 0.29) is 0 Å². The molecule has 0 fully saturated rings. The lowest BCUT2D eigenvalue weighted by molar-refractivity contribution is -0.137. The molecule has 0 amide bonds. The van der Waals surface area contributed by atoms with Gasteiger partial charge in [0.15, 0.2) is 0 Å². The Labute approximate surface area is 98.9 Å². The third kappa shape index (κ3) is 3.41. The van der Waals surface area contributed by atoms with E-state index >= 15 is 0 Å². The maximum absolute atomic E-state index is 11.1. The Bertz CT molecular complexity index is 461. The minimum Gasteiger partial charge on any atom is -0.463 e. The van der Waals surface area contributed by atoms with E-state index in [4.69, 9.17) is 21.6 Å². The minimum absolute atomic E-state index is 0.323. The summed E-state index contributed by atoms with van der Waals surface area (Å²) in [5, 5.41) is 9.35. The molecule has 0 aliphatic rings. The Morgan fingerprint density at radius 3 is 3.00 bits per heavy atom. The standard InChI is InChI=1S/C12H10ClNO2/c1-2-16-12(15)6-4-9-7-11(13)5-3-10(9)8-14/h3-7H,2H2,1H3. The lowest BCUT2D eigenvalue weighted by Crippen LogP contribution is -1.98. The molecule has 0 heterocycles. The average Bonchev–Trinajstić information content (AvgIpc) is 2.27. The van der Waals surface area contributed by atoms with Crippen molar-refractivity contribution in [1.29, 1.82) is 5.26 Å². The molecule has 0 aliphatic carbocycles. The summed E-state index contributed by atoms with van der Waals surface area (Å²) in [4.78, 5) is 11.1. The maximum atomic E-state index is 11.1. The summed E-state index contributed by atoms with van der Waals surface area (Å²) in [5.74, 6) is -0.439. The SMILES string of the molecule is CCOC(=O)C=Cc1cc(Cl)ccc1C#N. The van der Waals surface area contributed by atoms with Gasteiger partial charge in [0.05, 0.1) is 18.2 Å². The Balaban J connectivity index is 2.92. The second kappa shape index (κ2) is 5.94. The molecule has 1 aromatic carbocycles. The number of esters is 1. The van der Waals surface area contributed by atoms with Crippen LogP contribution in [0.5, 0.6) is 0 Å². The second-order valence-corrected chi connectivity index (χ2v) is 3.37. The molecule has 0 unspecified atom stereocenters. The Kier molecular flexibility index (Phi) is 4.56. The van der Waals surface area contributed by atoms with Gasteiger partial charge in [-0.2, -0.15) is 5.26 Å². The first-order valence-corrected chi connectivity index (χ1v) is 5.09. The van der Waals surface area contributed by atoms with Crippen LogP contribution in [0.25, 0.3) is 6.08 Å². The number of hydrogen-bond acceptors (Lipinski definition) is 3. The first kappa shape index (κ1) is 12.3. The number of carbonyl (C=O) groups is 1. The number of nitriles is 1. The minimum atomic E-state index is -0.439. The predicted molar refractivity (Wildman–Crippen MR) is 61.8 cm³/mol. The third-order valence-corrected chi connectivity index (χ3v) is 2.05. The van der Waals surface area contributed by atoms with E-state index in [2.05, 4.69) is 0 Å². The molecule has 4 heteroatoms. The molecule has 16 heavy (non-hydrogen) atoms. The first-order chi connectivity index (χ1) is 7.67. The predicted octanol–water partition coefficient (Wildman–Crippen LogP) is 2.79. The van der Waals surface area contributed by atoms with Crippen molar-refractivity contribution in [2.45, 2.75) is 6.92 Å². The summed E-state index contributed by atoms with van der Waals surface area (Å²) in [6.45, 7) is 2.05. The number of rotatable bonds is 3. The molecule has 0 N–H and O–H groups in total. The number of carbonyl (C=O) groups excluding carboxylic acids is 1. The van der Waals surface area contributed by atoms with Gasteiger partial charge in [-0.15, -0.1) is 0 Å². The number of ether oxygens (including phenoxy) is 1. The fraction of sp³-hybridized carbons (Fsp3) is 0.167. The summed E-state index contributed by atoms with van der Waals surface area (Å²) in [5.41, 5.74) is 1.06. The fourth-order valence-corrected chi connectivity index (χ4v) is 1.30. The van der Waals surface area contributed by atoms with Crippen LogP contribution >= 0.6 is 11.6 Å². The molecule has 1 rings (SSSR count). The highest BCUT2D eigenvalue weighted by Crippen LogP contribution is 2.16. The van der Waals surface area contributed by atoms with Crippen molar-refractivity contribution in [2.75, 3.05) is 6.61 Å². The van der Waals surface area contributed by atoms with Gasteiger partial charge in [0.2, 0.25) is 0 Å². The van der Waals surface area contributed by atoms with Crippen LogP contribution in [0.4, 0.5) is 0 Å². The molecule has 0 saturated carbocycles. The third-order valence-electron chi connectivity index (χ3n) is 1.82. The Hall–Kier alpha value is -1.79. The maximum Gasteiger partial charge on any atom is 0.330 e. The van der Waals surface area contributed by atoms with Crippen LogP contribution in [0.2, 0.25) is 5.02 Å². The van der Waals surface area contributed by atoms with Crippen LogP contribution in [0.15, 0.2) is 24.3 Å². The van der Waals surface area contributed by atoms with Crippen molar-refractivity contribution < 1.29 is 9.53 Å². The highest BCUT2D eigenvalue weighted by Gasteiger charge is 2.00. The summed E-state index contributed by atoms with van der Waals surface area (Å²) < 4.78 is 4.73. The number of halogens is 1. The second-order valence-electron chi connectivity index (χ2n) is 2.93. The van der Waals surface area contributed by atoms with E-state index in [0.717, 1.165) is 0 Å². The molecule has 0 aromatic heterocycles. The van der Waals surface area contributed by atoms with Gasteiger partial charge in [-0.05, 0) is 36.8 Å². The van der Waals surface area contributed by atoms with Gasteiger partial charge in [0.25, 0.3) is 0 Å². The van der Waals surface area contributed by atoms with E-state index in [1.807, 2.05) is 6.07 Å². The van der Waals surface area contributed by atoms with Gasteiger partial charge in [-0.25, -0.2) is 4.79 Å². The molecular formula is C12H10ClNO2. The number of hydrogen-bond donors (Lipinski definition) is 0. The summed E-state index contributed by atoms with van der Waals surface area (Å²) in [6.07, 6.45) is 2.79. The number of benzene rings is 1. The highest BCUT2D eigenvalue weighted by atomic mass is 35.5.